The Bertz CT molecular complexity index is 679. The second-order valence-corrected chi connectivity index (χ2v) is 7.12. The summed E-state index contributed by atoms with van der Waals surface area (Å²) in [6.07, 6.45) is 4.88. The maximum absolute atomic E-state index is 5.83. The van der Waals surface area contributed by atoms with Crippen molar-refractivity contribution in [1.29, 1.82) is 0 Å². The van der Waals surface area contributed by atoms with Crippen LogP contribution in [0.5, 0.6) is 5.75 Å². The van der Waals surface area contributed by atoms with Gasteiger partial charge in [0.2, 0.25) is 0 Å². The van der Waals surface area contributed by atoms with Gasteiger partial charge < -0.3 is 10.1 Å². The summed E-state index contributed by atoms with van der Waals surface area (Å²) in [5, 5.41) is 3.76. The number of ether oxygens (including phenoxy) is 1. The zero-order valence-corrected chi connectivity index (χ0v) is 14.5. The normalized spacial score (nSPS) is 25.1. The Hall–Kier alpha value is -1.80. The summed E-state index contributed by atoms with van der Waals surface area (Å²) < 4.78 is 5.83. The lowest BCUT2D eigenvalue weighted by molar-refractivity contribution is 0.286. The average molecular weight is 321 g/mol. The maximum Gasteiger partial charge on any atom is 0.119 e. The first kappa shape index (κ1) is 15.7. The minimum Gasteiger partial charge on any atom is -0.494 e. The van der Waals surface area contributed by atoms with E-state index < -0.39 is 0 Å². The molecule has 1 heterocycles. The minimum atomic E-state index is 0.517. The molecule has 1 saturated heterocycles. The van der Waals surface area contributed by atoms with Gasteiger partial charge in [0.25, 0.3) is 0 Å². The third-order valence-electron chi connectivity index (χ3n) is 5.61. The van der Waals surface area contributed by atoms with Crippen molar-refractivity contribution in [3.8, 4) is 5.75 Å². The van der Waals surface area contributed by atoms with E-state index in [0.29, 0.717) is 17.9 Å². The quantitative estimate of drug-likeness (QED) is 0.778. The van der Waals surface area contributed by atoms with E-state index >= 15 is 0 Å². The number of piperidine rings is 1. The van der Waals surface area contributed by atoms with Gasteiger partial charge in [-0.3, -0.25) is 0 Å². The molecule has 1 N–H and O–H groups in total. The molecule has 2 aromatic rings. The van der Waals surface area contributed by atoms with Gasteiger partial charge in [0.1, 0.15) is 5.75 Å². The van der Waals surface area contributed by atoms with Crippen LogP contribution >= 0.6 is 0 Å². The highest BCUT2D eigenvalue weighted by atomic mass is 16.5. The number of benzene rings is 2. The fourth-order valence-electron chi connectivity index (χ4n) is 4.45. The third kappa shape index (κ3) is 2.84. The molecular weight excluding hydrogens is 294 g/mol. The predicted octanol–water partition coefficient (Wildman–Crippen LogP) is 5.05. The Labute approximate surface area is 145 Å². The Balaban J connectivity index is 1.60. The maximum atomic E-state index is 5.83. The van der Waals surface area contributed by atoms with Crippen LogP contribution in [0, 0.1) is 5.92 Å². The molecule has 24 heavy (non-hydrogen) atoms. The van der Waals surface area contributed by atoms with E-state index in [1.807, 2.05) is 0 Å². The van der Waals surface area contributed by atoms with Crippen molar-refractivity contribution in [1.82, 2.24) is 5.32 Å². The summed E-state index contributed by atoms with van der Waals surface area (Å²) in [6, 6.07) is 18.4. The van der Waals surface area contributed by atoms with E-state index in [2.05, 4.69) is 60.8 Å². The lowest BCUT2D eigenvalue weighted by Crippen LogP contribution is -2.32. The molecule has 4 rings (SSSR count). The van der Waals surface area contributed by atoms with Crippen LogP contribution in [0.15, 0.2) is 48.5 Å². The second kappa shape index (κ2) is 6.98. The van der Waals surface area contributed by atoms with Crippen molar-refractivity contribution < 1.29 is 4.74 Å². The zero-order chi connectivity index (χ0) is 16.4. The first-order chi connectivity index (χ1) is 11.9. The van der Waals surface area contributed by atoms with Gasteiger partial charge in [0.05, 0.1) is 6.61 Å². The minimum absolute atomic E-state index is 0.517. The molecule has 1 aliphatic carbocycles. The van der Waals surface area contributed by atoms with Crippen molar-refractivity contribution in [2.75, 3.05) is 13.2 Å². The molecule has 0 saturated carbocycles. The fourth-order valence-corrected chi connectivity index (χ4v) is 4.45. The van der Waals surface area contributed by atoms with E-state index in [0.717, 1.165) is 25.3 Å². The smallest absolute Gasteiger partial charge is 0.119 e. The van der Waals surface area contributed by atoms with Crippen LogP contribution in [0.2, 0.25) is 0 Å². The lowest BCUT2D eigenvalue weighted by Gasteiger charge is -2.31. The van der Waals surface area contributed by atoms with Crippen LogP contribution < -0.4 is 10.1 Å². The molecular formula is C22H27NO. The zero-order valence-electron chi connectivity index (χ0n) is 14.5. The van der Waals surface area contributed by atoms with Crippen molar-refractivity contribution in [3.63, 3.8) is 0 Å². The molecule has 0 bridgehead atoms. The van der Waals surface area contributed by atoms with Gasteiger partial charge in [-0.15, -0.1) is 0 Å². The van der Waals surface area contributed by atoms with Crippen LogP contribution in [-0.2, 0) is 0 Å². The topological polar surface area (TPSA) is 21.3 Å². The molecule has 1 aliphatic heterocycles. The highest BCUT2D eigenvalue weighted by Crippen LogP contribution is 2.51. The molecule has 2 nitrogen and oxygen atoms in total. The fraction of sp³-hybridized carbons (Fsp3) is 0.455. The first-order valence-corrected chi connectivity index (χ1v) is 9.43. The second-order valence-electron chi connectivity index (χ2n) is 7.12. The van der Waals surface area contributed by atoms with Crippen molar-refractivity contribution >= 4 is 0 Å². The van der Waals surface area contributed by atoms with E-state index in [1.165, 1.54) is 36.0 Å². The Morgan fingerprint density at radius 3 is 2.62 bits per heavy atom. The molecule has 126 valence electrons. The summed E-state index contributed by atoms with van der Waals surface area (Å²) in [4.78, 5) is 0. The molecule has 0 aromatic heterocycles. The molecule has 2 aromatic carbocycles. The number of unbranched alkanes of at least 4 members (excludes halogenated alkanes) is 1. The highest BCUT2D eigenvalue weighted by molar-refractivity contribution is 5.47. The van der Waals surface area contributed by atoms with Gasteiger partial charge in [-0.2, -0.15) is 0 Å². The monoisotopic (exact) mass is 321 g/mol. The molecule has 2 aliphatic rings. The third-order valence-corrected chi connectivity index (χ3v) is 5.61. The highest BCUT2D eigenvalue weighted by Gasteiger charge is 2.41. The van der Waals surface area contributed by atoms with Gasteiger partial charge in [0.15, 0.2) is 0 Å². The van der Waals surface area contributed by atoms with Crippen molar-refractivity contribution in [2.24, 2.45) is 5.92 Å². The largest absolute Gasteiger partial charge is 0.494 e. The molecule has 2 heteroatoms. The summed E-state index contributed by atoms with van der Waals surface area (Å²) >= 11 is 0. The van der Waals surface area contributed by atoms with Gasteiger partial charge in [-0.05, 0) is 60.5 Å². The molecule has 3 atom stereocenters. The summed E-state index contributed by atoms with van der Waals surface area (Å²) in [6.45, 7) is 4.15. The Morgan fingerprint density at radius 2 is 1.83 bits per heavy atom. The molecule has 0 radical (unpaired) electrons. The van der Waals surface area contributed by atoms with Crippen LogP contribution in [0.25, 0.3) is 0 Å². The molecule has 0 spiro atoms. The molecule has 0 amide bonds. The summed E-state index contributed by atoms with van der Waals surface area (Å²) in [5.41, 5.74) is 4.46. The Morgan fingerprint density at radius 1 is 1.04 bits per heavy atom. The van der Waals surface area contributed by atoms with Crippen molar-refractivity contribution in [3.05, 3.63) is 65.2 Å². The van der Waals surface area contributed by atoms with Crippen LogP contribution in [0.3, 0.4) is 0 Å². The van der Waals surface area contributed by atoms with Gasteiger partial charge in [-0.25, -0.2) is 0 Å². The standard InChI is InChI=1S/C22H27NO/c1-2-3-15-24-17-12-10-16(11-13-17)21-18-7-4-5-8-19(18)22-20(21)9-6-14-23-22/h4-5,7-8,10-13,20-23H,2-3,6,9,14-15H2,1H3/t20-,21-,22+/m0/s1. The van der Waals surface area contributed by atoms with Crippen LogP contribution in [-0.4, -0.2) is 13.2 Å². The first-order valence-electron chi connectivity index (χ1n) is 9.43. The number of hydrogen-bond donors (Lipinski definition) is 1. The van der Waals surface area contributed by atoms with Gasteiger partial charge >= 0.3 is 0 Å². The van der Waals surface area contributed by atoms with E-state index in [-0.39, 0.29) is 0 Å². The van der Waals surface area contributed by atoms with Crippen LogP contribution in [0.1, 0.15) is 61.3 Å². The van der Waals surface area contributed by atoms with Crippen molar-refractivity contribution in [2.45, 2.75) is 44.6 Å². The summed E-state index contributed by atoms with van der Waals surface area (Å²) in [7, 11) is 0. The predicted molar refractivity (Wildman–Crippen MR) is 98.6 cm³/mol. The number of nitrogens with one attached hydrogen (secondary N) is 1. The molecule has 1 fully saturated rings. The lowest BCUT2D eigenvalue weighted by atomic mass is 9.80. The van der Waals surface area contributed by atoms with Crippen LogP contribution in [0.4, 0.5) is 0 Å². The number of fused-ring (bicyclic) bond motifs is 3. The number of rotatable bonds is 5. The van der Waals surface area contributed by atoms with E-state index in [9.17, 15) is 0 Å². The van der Waals surface area contributed by atoms with Gasteiger partial charge in [0, 0.05) is 12.0 Å². The van der Waals surface area contributed by atoms with E-state index in [1.54, 1.807) is 0 Å². The molecule has 0 unspecified atom stereocenters. The SMILES string of the molecule is CCCCOc1ccc([C@H]2c3ccccc3[C@H]3NCCC[C@@H]23)cc1. The number of hydrogen-bond acceptors (Lipinski definition) is 2. The Kier molecular flexibility index (Phi) is 4.57. The van der Waals surface area contributed by atoms with E-state index in [4.69, 9.17) is 4.74 Å². The van der Waals surface area contributed by atoms with Gasteiger partial charge in [-0.1, -0.05) is 49.7 Å². The summed E-state index contributed by atoms with van der Waals surface area (Å²) in [5.74, 6) is 2.20. The average Bonchev–Trinajstić information content (AvgIpc) is 2.97.